The molecule has 1 aliphatic rings. The maximum Gasteiger partial charge on any atom is 0.269 e. The number of para-hydroxylation sites is 3. The van der Waals surface area contributed by atoms with Crippen LogP contribution in [0.5, 0.6) is 11.5 Å². The van der Waals surface area contributed by atoms with E-state index in [1.165, 1.54) is 0 Å². The van der Waals surface area contributed by atoms with Crippen molar-refractivity contribution in [3.63, 3.8) is 0 Å². The Hall–Kier alpha value is -9.78. The Morgan fingerprint density at radius 2 is 1.18 bits per heavy atom. The van der Waals surface area contributed by atoms with E-state index in [0.29, 0.717) is 45.0 Å². The van der Waals surface area contributed by atoms with Crippen LogP contribution in [-0.4, -0.2) is 14.1 Å². The lowest BCUT2D eigenvalue weighted by atomic mass is 9.87. The minimum atomic E-state index is -0.662. The normalized spacial score (nSPS) is 14.5. The molecule has 0 unspecified atom stereocenters. The first-order valence-electron chi connectivity index (χ1n) is 31.4. The Morgan fingerprint density at radius 1 is 0.500 bits per heavy atom. The third-order valence-electron chi connectivity index (χ3n) is 14.5. The molecule has 76 heavy (non-hydrogen) atoms. The van der Waals surface area contributed by atoms with E-state index in [4.69, 9.17) is 19.6 Å². The van der Waals surface area contributed by atoms with Gasteiger partial charge < -0.3 is 9.15 Å². The summed E-state index contributed by atoms with van der Waals surface area (Å²) in [7, 11) is 0. The van der Waals surface area contributed by atoms with Gasteiger partial charge in [-0.05, 0) is 139 Å². The van der Waals surface area contributed by atoms with Gasteiger partial charge in [0.15, 0.2) is 0 Å². The molecule has 0 N–H and O–H groups in total. The summed E-state index contributed by atoms with van der Waals surface area (Å²) in [6, 6.07) is 39.6. The molecule has 5 heterocycles. The molecule has 0 aliphatic carbocycles. The number of pyridine rings is 1. The van der Waals surface area contributed by atoms with Gasteiger partial charge >= 0.3 is 0 Å². The first kappa shape index (κ1) is 32.4. The van der Waals surface area contributed by atoms with E-state index in [0.717, 1.165) is 44.0 Å². The quantitative estimate of drug-likeness (QED) is 0.123. The van der Waals surface area contributed by atoms with Crippen LogP contribution in [0.1, 0.15) is 44.2 Å². The molecular weight excluding hydrogens is 929 g/mol. The van der Waals surface area contributed by atoms with Crippen molar-refractivity contribution >= 4 is 54.8 Å². The van der Waals surface area contributed by atoms with Crippen LogP contribution in [0.3, 0.4) is 0 Å². The molecule has 14 aromatic rings. The first-order valence-corrected chi connectivity index (χ1v) is 24.9. The largest absolute Gasteiger partial charge is 0.458 e. The number of rotatable bonds is 6. The van der Waals surface area contributed by atoms with E-state index in [-0.39, 0.29) is 61.1 Å². The zero-order valence-electron chi connectivity index (χ0n) is 54.1. The van der Waals surface area contributed by atoms with Gasteiger partial charge in [-0.3, -0.25) is 13.7 Å². The fraction of sp³-hybridized carbons (Fsp3) is 0.0571. The number of imidazole rings is 1. The standard InChI is InChI=1S/C70H48N4O2/c1-70(2,3)47-35-36-71-67(40-47)74-62-29-13-11-25-56(62)57-33-32-50(42-63(57)74)75-49-20-15-19-48(41-49)72-43-73-68-51(44-17-5-4-6-18-44)27-16-28-59(68)54-23-9-7-21-52(54)53-22-8-10-24-55(53)61-38-46(39-64(72)69(61)73)45-31-34-66-60(37-45)58-26-12-14-30-65(58)76-66/h4-42H,1-3H3/i4D,5D,6D,7D,8D,9D,10D,17D,18D,21D,22D,23D,24D. The van der Waals surface area contributed by atoms with Crippen molar-refractivity contribution < 1.29 is 31.5 Å². The van der Waals surface area contributed by atoms with Crippen molar-refractivity contribution in [1.29, 1.82) is 0 Å². The van der Waals surface area contributed by atoms with Crippen LogP contribution in [0.2, 0.25) is 0 Å². The van der Waals surface area contributed by atoms with Crippen molar-refractivity contribution in [2.45, 2.75) is 26.2 Å². The lowest BCUT2D eigenvalue weighted by molar-refractivity contribution is -0.570. The van der Waals surface area contributed by atoms with Crippen molar-refractivity contribution in [1.82, 2.24) is 14.1 Å². The minimum Gasteiger partial charge on any atom is -0.458 e. The van der Waals surface area contributed by atoms with Gasteiger partial charge in [0.1, 0.15) is 28.5 Å². The van der Waals surface area contributed by atoms with Crippen LogP contribution >= 0.6 is 0 Å². The van der Waals surface area contributed by atoms with E-state index in [1.54, 1.807) is 33.4 Å². The average molecular weight is 990 g/mol. The Bertz CT molecular complexity index is 5440. The second-order valence-corrected chi connectivity index (χ2v) is 20.0. The number of fused-ring (bicyclic) bond motifs is 13. The van der Waals surface area contributed by atoms with Gasteiger partial charge in [0.2, 0.25) is 0 Å². The molecule has 6 heteroatoms. The monoisotopic (exact) mass is 989 g/mol. The zero-order valence-corrected chi connectivity index (χ0v) is 41.1. The van der Waals surface area contributed by atoms with Crippen LogP contribution in [0.4, 0.5) is 0 Å². The summed E-state index contributed by atoms with van der Waals surface area (Å²) in [5.41, 5.74) is 5.97. The maximum atomic E-state index is 9.96. The molecule has 0 saturated heterocycles. The van der Waals surface area contributed by atoms with Crippen LogP contribution in [0, 0.1) is 6.33 Å². The summed E-state index contributed by atoms with van der Waals surface area (Å²) < 4.78 is 140. The van der Waals surface area contributed by atoms with E-state index in [2.05, 4.69) is 49.9 Å². The Morgan fingerprint density at radius 3 is 2.00 bits per heavy atom. The molecule has 1 aliphatic heterocycles. The Balaban J connectivity index is 1.05. The molecule has 0 fully saturated rings. The average Bonchev–Trinajstić information content (AvgIpc) is 1.67. The molecule has 0 radical (unpaired) electrons. The molecule has 0 saturated carbocycles. The first-order chi connectivity index (χ1) is 42.7. The molecule has 0 atom stereocenters. The number of ether oxygens (including phenoxy) is 1. The molecule has 0 spiro atoms. The molecule has 0 amide bonds. The third kappa shape index (κ3) is 6.95. The van der Waals surface area contributed by atoms with Gasteiger partial charge in [0.05, 0.1) is 51.3 Å². The molecule has 6 nitrogen and oxygen atoms in total. The molecule has 360 valence electrons. The zero-order chi connectivity index (χ0) is 62.0. The highest BCUT2D eigenvalue weighted by atomic mass is 16.5. The van der Waals surface area contributed by atoms with Gasteiger partial charge in [0.25, 0.3) is 6.33 Å². The van der Waals surface area contributed by atoms with E-state index >= 15 is 0 Å². The van der Waals surface area contributed by atoms with Gasteiger partial charge in [-0.15, -0.1) is 0 Å². The van der Waals surface area contributed by atoms with Crippen molar-refractivity contribution in [2.75, 3.05) is 0 Å². The van der Waals surface area contributed by atoms with E-state index < -0.39 is 78.6 Å². The number of hydrogen-bond donors (Lipinski definition) is 0. The van der Waals surface area contributed by atoms with Crippen molar-refractivity contribution in [3.05, 3.63) is 248 Å². The van der Waals surface area contributed by atoms with Crippen molar-refractivity contribution in [3.8, 4) is 84.3 Å². The second kappa shape index (κ2) is 16.9. The van der Waals surface area contributed by atoms with E-state index in [1.807, 2.05) is 115 Å². The number of aromatic nitrogens is 4. The summed E-state index contributed by atoms with van der Waals surface area (Å²) in [6.07, 6.45) is 5.42. The number of nitrogens with zero attached hydrogens (tertiary/aromatic N) is 4. The molecule has 15 rings (SSSR count). The van der Waals surface area contributed by atoms with Crippen LogP contribution in [0.15, 0.2) is 241 Å². The highest BCUT2D eigenvalue weighted by Gasteiger charge is 2.28. The summed E-state index contributed by atoms with van der Waals surface area (Å²) in [4.78, 5) is 4.87. The SMILES string of the molecule is [2H]c1c([2H])c([2H])c(-c2cccc3c2-[n+]2[c-]n(-c4cccc(Oc5ccc6c7ccccc7n(-c7cc(C(C)(C)C)ccn7)c6c5)c4)c4cc(-c5ccc6oc7ccccc7c6c5)cc(c42)-c2c([2H])c([2H])c([2H])c([2H])c2-c2c([2H])c([2H])c([2H])c([2H])c2-3)c([2H])c1[2H]. The van der Waals surface area contributed by atoms with Crippen LogP contribution in [-0.2, 0) is 5.41 Å². The summed E-state index contributed by atoms with van der Waals surface area (Å²) in [5, 5.41) is 3.70. The predicted molar refractivity (Wildman–Crippen MR) is 309 cm³/mol. The smallest absolute Gasteiger partial charge is 0.269 e. The Labute approximate surface area is 457 Å². The van der Waals surface area contributed by atoms with Gasteiger partial charge in [-0.25, -0.2) is 4.98 Å². The predicted octanol–water partition coefficient (Wildman–Crippen LogP) is 17.8. The maximum absolute atomic E-state index is 9.96. The Kier molecular flexibility index (Phi) is 7.20. The molecule has 0 bridgehead atoms. The highest BCUT2D eigenvalue weighted by molar-refractivity contribution is 6.10. The van der Waals surface area contributed by atoms with E-state index in [9.17, 15) is 12.3 Å². The minimum absolute atomic E-state index is 0.0567. The number of furan rings is 1. The van der Waals surface area contributed by atoms with Crippen LogP contribution in [0.25, 0.3) is 128 Å². The number of benzene rings is 10. The topological polar surface area (TPSA) is 49.0 Å². The fourth-order valence-corrected chi connectivity index (χ4v) is 10.9. The van der Waals surface area contributed by atoms with Crippen molar-refractivity contribution in [2.24, 2.45) is 0 Å². The second-order valence-electron chi connectivity index (χ2n) is 20.0. The van der Waals surface area contributed by atoms with Gasteiger partial charge in [-0.1, -0.05) is 172 Å². The highest BCUT2D eigenvalue weighted by Crippen LogP contribution is 2.47. The molecular formula is C70H48N4O2. The molecule has 10 aromatic carbocycles. The van der Waals surface area contributed by atoms with Gasteiger partial charge in [-0.2, -0.15) is 0 Å². The fourth-order valence-electron chi connectivity index (χ4n) is 10.9. The van der Waals surface area contributed by atoms with Crippen LogP contribution < -0.4 is 9.30 Å². The lowest BCUT2D eigenvalue weighted by Crippen LogP contribution is -2.32. The summed E-state index contributed by atoms with van der Waals surface area (Å²) in [5.74, 6) is 1.68. The summed E-state index contributed by atoms with van der Waals surface area (Å²) in [6.45, 7) is 6.50. The third-order valence-corrected chi connectivity index (χ3v) is 14.5. The van der Waals surface area contributed by atoms with Gasteiger partial charge in [0, 0.05) is 33.8 Å². The summed E-state index contributed by atoms with van der Waals surface area (Å²) >= 11 is 0. The lowest BCUT2D eigenvalue weighted by Gasteiger charge is -2.20. The number of hydrogen-bond acceptors (Lipinski definition) is 3. The molecule has 4 aromatic heterocycles.